The van der Waals surface area contributed by atoms with Gasteiger partial charge in [-0.25, -0.2) is 0 Å². The zero-order valence-corrected chi connectivity index (χ0v) is 45.2. The second kappa shape index (κ2) is 57.6. The molecule has 0 spiro atoms. The summed E-state index contributed by atoms with van der Waals surface area (Å²) in [6.45, 7) is 6.25. The summed E-state index contributed by atoms with van der Waals surface area (Å²) in [7, 11) is 0. The molecule has 0 N–H and O–H groups in total. The van der Waals surface area contributed by atoms with E-state index >= 15 is 0 Å². The Balaban J connectivity index is 4.24. The first-order valence-electron chi connectivity index (χ1n) is 28.0. The van der Waals surface area contributed by atoms with Crippen LogP contribution in [0.15, 0.2) is 158 Å². The first-order valence-corrected chi connectivity index (χ1v) is 28.0. The van der Waals surface area contributed by atoms with Crippen LogP contribution in [0.5, 0.6) is 0 Å². The van der Waals surface area contributed by atoms with Gasteiger partial charge in [0.2, 0.25) is 0 Å². The molecule has 0 aromatic heterocycles. The maximum Gasteiger partial charge on any atom is 0.306 e. The minimum absolute atomic E-state index is 0.118. The van der Waals surface area contributed by atoms with Gasteiger partial charge < -0.3 is 14.2 Å². The first kappa shape index (κ1) is 66.0. The lowest BCUT2D eigenvalue weighted by Gasteiger charge is -2.18. The molecule has 396 valence electrons. The van der Waals surface area contributed by atoms with Gasteiger partial charge >= 0.3 is 17.9 Å². The smallest absolute Gasteiger partial charge is 0.306 e. The zero-order valence-electron chi connectivity index (χ0n) is 45.2. The molecule has 0 aliphatic heterocycles. The van der Waals surface area contributed by atoms with E-state index in [4.69, 9.17) is 14.2 Å². The Kier molecular flexibility index (Phi) is 53.6. The largest absolute Gasteiger partial charge is 0.462 e. The molecule has 1 atom stereocenters. The number of hydrogen-bond donors (Lipinski definition) is 0. The van der Waals surface area contributed by atoms with Crippen molar-refractivity contribution in [1.82, 2.24) is 0 Å². The van der Waals surface area contributed by atoms with E-state index in [0.717, 1.165) is 141 Å². The average molecular weight is 978 g/mol. The Labute approximate surface area is 435 Å². The maximum atomic E-state index is 12.7. The molecule has 0 bridgehead atoms. The summed E-state index contributed by atoms with van der Waals surface area (Å²) in [4.78, 5) is 37.8. The third-order valence-corrected chi connectivity index (χ3v) is 11.0. The quantitative estimate of drug-likeness (QED) is 0.0262. The van der Waals surface area contributed by atoms with Gasteiger partial charge in [0.25, 0.3) is 0 Å². The molecule has 0 radical (unpaired) electrons. The van der Waals surface area contributed by atoms with Crippen molar-refractivity contribution in [2.45, 2.75) is 219 Å². The fraction of sp³-hybridized carbons (Fsp3) is 0.554. The second-order valence-corrected chi connectivity index (χ2v) is 17.7. The van der Waals surface area contributed by atoms with Gasteiger partial charge in [0.05, 0.1) is 0 Å². The Bertz CT molecular complexity index is 1640. The summed E-state index contributed by atoms with van der Waals surface area (Å²) < 4.78 is 16.6. The van der Waals surface area contributed by atoms with Crippen molar-refractivity contribution in [2.24, 2.45) is 0 Å². The molecule has 0 fully saturated rings. The van der Waals surface area contributed by atoms with E-state index in [-0.39, 0.29) is 31.6 Å². The molecule has 0 aromatic carbocycles. The standard InChI is InChI=1S/C65H100O6/c1-4-7-10-13-16-18-20-22-23-24-25-26-27-28-29-30-31-32-33-34-35-36-37-38-39-40-41-43-44-46-49-52-55-58-64(67)70-61-62(60-69-63(66)57-54-51-48-15-12-9-6-3)71-65(68)59-56-53-50-47-45-42-21-19-17-14-11-8-5-2/h7-8,10-11,16-19,22-23,25-26,28-29,31-32,34-35,37-38,40-42,45,50,53,62H,4-6,9,12-15,20-21,24,27,30,33,36,39,43-44,46-49,51-52,54-61H2,1-3H3/b10-7-,11-8-,18-16-,19-17-,23-22-,26-25-,29-28-,32-31-,35-34-,38-37-,41-40-,45-42-,53-50-. The van der Waals surface area contributed by atoms with Crippen molar-refractivity contribution in [3.05, 3.63) is 158 Å². The number of carbonyl (C=O) groups is 3. The zero-order chi connectivity index (χ0) is 51.4. The predicted molar refractivity (Wildman–Crippen MR) is 306 cm³/mol. The fourth-order valence-corrected chi connectivity index (χ4v) is 6.92. The van der Waals surface area contributed by atoms with Gasteiger partial charge in [-0.05, 0) is 116 Å². The van der Waals surface area contributed by atoms with Gasteiger partial charge in [-0.2, -0.15) is 0 Å². The highest BCUT2D eigenvalue weighted by Gasteiger charge is 2.19. The SMILES string of the molecule is CC/C=C\C/C=C\C/C=C\C/C=C\C/C=C\C/C=C\C/C=C\C/C=C\C/C=C\CCCCCCCC(=O)OCC(COC(=O)CCCCCCCCC)OC(=O)CC/C=C\C/C=C\C/C=C\C/C=C\CC. The topological polar surface area (TPSA) is 78.9 Å². The number of hydrogen-bond acceptors (Lipinski definition) is 6. The lowest BCUT2D eigenvalue weighted by molar-refractivity contribution is -0.166. The molecule has 71 heavy (non-hydrogen) atoms. The van der Waals surface area contributed by atoms with E-state index in [2.05, 4.69) is 167 Å². The molecule has 0 saturated carbocycles. The van der Waals surface area contributed by atoms with Crippen LogP contribution in [0.2, 0.25) is 0 Å². The van der Waals surface area contributed by atoms with Crippen LogP contribution in [0.1, 0.15) is 213 Å². The van der Waals surface area contributed by atoms with Crippen molar-refractivity contribution >= 4 is 17.9 Å². The van der Waals surface area contributed by atoms with Crippen LogP contribution in [-0.4, -0.2) is 37.2 Å². The van der Waals surface area contributed by atoms with Crippen LogP contribution < -0.4 is 0 Å². The number of rotatable bonds is 48. The van der Waals surface area contributed by atoms with Gasteiger partial charge in [-0.3, -0.25) is 14.4 Å². The second-order valence-electron chi connectivity index (χ2n) is 17.7. The van der Waals surface area contributed by atoms with Gasteiger partial charge in [-0.1, -0.05) is 237 Å². The summed E-state index contributed by atoms with van der Waals surface area (Å²) in [6, 6.07) is 0. The molecule has 1 unspecified atom stereocenters. The third kappa shape index (κ3) is 55.8. The summed E-state index contributed by atoms with van der Waals surface area (Å²) >= 11 is 0. The summed E-state index contributed by atoms with van der Waals surface area (Å²) in [5.41, 5.74) is 0. The van der Waals surface area contributed by atoms with Gasteiger partial charge in [0.15, 0.2) is 6.10 Å². The van der Waals surface area contributed by atoms with Gasteiger partial charge in [0.1, 0.15) is 13.2 Å². The Morgan fingerprint density at radius 2 is 0.577 bits per heavy atom. The number of allylic oxidation sites excluding steroid dienone is 26. The van der Waals surface area contributed by atoms with Crippen LogP contribution in [0, 0.1) is 0 Å². The highest BCUT2D eigenvalue weighted by molar-refractivity contribution is 5.71. The van der Waals surface area contributed by atoms with Gasteiger partial charge in [0, 0.05) is 19.3 Å². The number of carbonyl (C=O) groups excluding carboxylic acids is 3. The molecule has 0 heterocycles. The minimum atomic E-state index is -0.827. The number of unbranched alkanes of at least 4 members (excludes halogenated alkanes) is 11. The third-order valence-electron chi connectivity index (χ3n) is 11.0. The van der Waals surface area contributed by atoms with Crippen LogP contribution >= 0.6 is 0 Å². The van der Waals surface area contributed by atoms with Crippen molar-refractivity contribution in [1.29, 1.82) is 0 Å². The fourth-order valence-electron chi connectivity index (χ4n) is 6.92. The molecule has 0 aliphatic rings. The average Bonchev–Trinajstić information content (AvgIpc) is 3.37. The summed E-state index contributed by atoms with van der Waals surface area (Å²) in [5.74, 6) is -1.04. The van der Waals surface area contributed by atoms with E-state index < -0.39 is 12.1 Å². The van der Waals surface area contributed by atoms with Crippen LogP contribution in [0.4, 0.5) is 0 Å². The monoisotopic (exact) mass is 977 g/mol. The molecule has 0 saturated heterocycles. The van der Waals surface area contributed by atoms with E-state index in [9.17, 15) is 14.4 Å². The molecule has 0 aliphatic carbocycles. The van der Waals surface area contributed by atoms with E-state index in [0.29, 0.717) is 19.3 Å². The molecule has 0 amide bonds. The molecule has 0 rings (SSSR count). The van der Waals surface area contributed by atoms with E-state index in [1.807, 2.05) is 12.2 Å². The van der Waals surface area contributed by atoms with Crippen molar-refractivity contribution < 1.29 is 28.6 Å². The first-order chi connectivity index (χ1) is 35.0. The lowest BCUT2D eigenvalue weighted by Crippen LogP contribution is -2.30. The summed E-state index contributed by atoms with van der Waals surface area (Å²) in [6.07, 6.45) is 84.2. The highest BCUT2D eigenvalue weighted by Crippen LogP contribution is 2.12. The molecular formula is C65H100O6. The molecule has 0 aromatic rings. The van der Waals surface area contributed by atoms with Crippen molar-refractivity contribution in [2.75, 3.05) is 13.2 Å². The molecule has 6 heteroatoms. The maximum absolute atomic E-state index is 12.7. The van der Waals surface area contributed by atoms with E-state index in [1.165, 1.54) is 25.7 Å². The van der Waals surface area contributed by atoms with Gasteiger partial charge in [-0.15, -0.1) is 0 Å². The Morgan fingerprint density at radius 3 is 0.915 bits per heavy atom. The van der Waals surface area contributed by atoms with Crippen molar-refractivity contribution in [3.8, 4) is 0 Å². The number of ether oxygens (including phenoxy) is 3. The normalized spacial score (nSPS) is 13.3. The Morgan fingerprint density at radius 1 is 0.296 bits per heavy atom. The van der Waals surface area contributed by atoms with Crippen molar-refractivity contribution in [3.63, 3.8) is 0 Å². The van der Waals surface area contributed by atoms with E-state index in [1.54, 1.807) is 0 Å². The van der Waals surface area contributed by atoms with Crippen LogP contribution in [0.25, 0.3) is 0 Å². The van der Waals surface area contributed by atoms with Crippen LogP contribution in [-0.2, 0) is 28.6 Å². The molecule has 6 nitrogen and oxygen atoms in total. The number of esters is 3. The minimum Gasteiger partial charge on any atom is -0.462 e. The van der Waals surface area contributed by atoms with Crippen LogP contribution in [0.3, 0.4) is 0 Å². The Hall–Kier alpha value is -4.97. The highest BCUT2D eigenvalue weighted by atomic mass is 16.6. The predicted octanol–water partition coefficient (Wildman–Crippen LogP) is 19.0. The summed E-state index contributed by atoms with van der Waals surface area (Å²) in [5, 5.41) is 0. The molecular weight excluding hydrogens is 877 g/mol. The lowest BCUT2D eigenvalue weighted by atomic mass is 10.1.